The molecule has 0 fully saturated rings. The maximum absolute atomic E-state index is 10.9. The number of hydrogen-bond acceptors (Lipinski definition) is 2. The minimum absolute atomic E-state index is 0.169. The van der Waals surface area contributed by atoms with Gasteiger partial charge in [-0.15, -0.1) is 0 Å². The van der Waals surface area contributed by atoms with Crippen molar-refractivity contribution < 1.29 is 4.79 Å². The van der Waals surface area contributed by atoms with Crippen LogP contribution in [0.5, 0.6) is 0 Å². The first-order chi connectivity index (χ1) is 10.5. The molecule has 4 heteroatoms. The molecule has 0 aliphatic rings. The van der Waals surface area contributed by atoms with E-state index in [0.29, 0.717) is 0 Å². The van der Waals surface area contributed by atoms with Gasteiger partial charge in [-0.05, 0) is 44.4 Å². The molecule has 0 radical (unpaired) electrons. The number of hydrogen-bond donors (Lipinski definition) is 1. The normalized spacial score (nSPS) is 11.1. The van der Waals surface area contributed by atoms with E-state index in [0.717, 1.165) is 23.4 Å². The van der Waals surface area contributed by atoms with Crippen molar-refractivity contribution in [2.45, 2.75) is 41.0 Å². The van der Waals surface area contributed by atoms with E-state index in [9.17, 15) is 4.79 Å². The van der Waals surface area contributed by atoms with Gasteiger partial charge in [0.25, 0.3) is 0 Å². The van der Waals surface area contributed by atoms with Crippen molar-refractivity contribution in [1.82, 2.24) is 9.99 Å². The van der Waals surface area contributed by atoms with E-state index in [1.54, 1.807) is 6.21 Å². The molecule has 0 unspecified atom stereocenters. The number of para-hydroxylation sites is 1. The highest BCUT2D eigenvalue weighted by molar-refractivity contribution is 5.83. The number of nitrogens with one attached hydrogen (secondary N) is 1. The lowest BCUT2D eigenvalue weighted by Gasteiger charge is -2.17. The van der Waals surface area contributed by atoms with Gasteiger partial charge in [0.15, 0.2) is 0 Å². The lowest BCUT2D eigenvalue weighted by molar-refractivity contribution is -0.118. The van der Waals surface area contributed by atoms with E-state index in [2.05, 4.69) is 67.1 Å². The largest absolute Gasteiger partial charge is 0.317 e. The molecule has 1 amide bonds. The summed E-state index contributed by atoms with van der Waals surface area (Å²) in [6.07, 6.45) is 2.69. The fraction of sp³-hybridized carbons (Fsp3) is 0.333. The average Bonchev–Trinajstić information content (AvgIpc) is 2.73. The van der Waals surface area contributed by atoms with E-state index in [1.807, 2.05) is 0 Å². The maximum Gasteiger partial charge on any atom is 0.236 e. The molecule has 4 nitrogen and oxygen atoms in total. The van der Waals surface area contributed by atoms with Gasteiger partial charge in [0.2, 0.25) is 5.91 Å². The number of amides is 1. The number of benzene rings is 1. The standard InChI is InChI=1S/C18H23N3O/c1-6-16-9-7-8-12(2)18(16)21-13(3)10-17(14(21)4)11-19-20-15(5)22/h7-11H,6H2,1-5H3,(H,20,22)/b19-11-. The first-order valence-electron chi connectivity index (χ1n) is 7.53. The lowest BCUT2D eigenvalue weighted by atomic mass is 10.1. The van der Waals surface area contributed by atoms with Crippen molar-refractivity contribution in [3.63, 3.8) is 0 Å². The quantitative estimate of drug-likeness (QED) is 0.682. The molecule has 0 aliphatic carbocycles. The number of carbonyl (C=O) groups excluding carboxylic acids is 1. The smallest absolute Gasteiger partial charge is 0.236 e. The number of nitrogens with zero attached hydrogens (tertiary/aromatic N) is 2. The van der Waals surface area contributed by atoms with Crippen LogP contribution >= 0.6 is 0 Å². The second-order valence-corrected chi connectivity index (χ2v) is 5.52. The molecule has 0 aliphatic heterocycles. The van der Waals surface area contributed by atoms with Crippen molar-refractivity contribution in [3.8, 4) is 5.69 Å². The molecule has 0 atom stereocenters. The number of aryl methyl sites for hydroxylation is 3. The van der Waals surface area contributed by atoms with Gasteiger partial charge in [-0.3, -0.25) is 4.79 Å². The Morgan fingerprint density at radius 2 is 2.05 bits per heavy atom. The molecule has 1 heterocycles. The third-order valence-corrected chi connectivity index (χ3v) is 3.82. The van der Waals surface area contributed by atoms with Crippen LogP contribution in [-0.2, 0) is 11.2 Å². The van der Waals surface area contributed by atoms with E-state index in [-0.39, 0.29) is 5.91 Å². The summed E-state index contributed by atoms with van der Waals surface area (Å²) < 4.78 is 2.27. The Morgan fingerprint density at radius 1 is 1.32 bits per heavy atom. The van der Waals surface area contributed by atoms with Gasteiger partial charge in [-0.1, -0.05) is 25.1 Å². The maximum atomic E-state index is 10.9. The summed E-state index contributed by atoms with van der Waals surface area (Å²) in [6.45, 7) is 9.92. The van der Waals surface area contributed by atoms with Gasteiger partial charge >= 0.3 is 0 Å². The van der Waals surface area contributed by atoms with Crippen LogP contribution in [0.15, 0.2) is 29.4 Å². The molecule has 22 heavy (non-hydrogen) atoms. The van der Waals surface area contributed by atoms with Crippen molar-refractivity contribution in [2.75, 3.05) is 0 Å². The molecule has 0 saturated heterocycles. The van der Waals surface area contributed by atoms with Crippen LogP contribution in [0, 0.1) is 20.8 Å². The second-order valence-electron chi connectivity index (χ2n) is 5.52. The Bertz CT molecular complexity index is 726. The Kier molecular flexibility index (Phi) is 4.81. The van der Waals surface area contributed by atoms with E-state index < -0.39 is 0 Å². The third-order valence-electron chi connectivity index (χ3n) is 3.82. The lowest BCUT2D eigenvalue weighted by Crippen LogP contribution is -2.12. The van der Waals surface area contributed by atoms with Crippen LogP contribution in [-0.4, -0.2) is 16.7 Å². The number of hydrazone groups is 1. The van der Waals surface area contributed by atoms with Crippen molar-refractivity contribution in [1.29, 1.82) is 0 Å². The van der Waals surface area contributed by atoms with Crippen LogP contribution in [0.3, 0.4) is 0 Å². The summed E-state index contributed by atoms with van der Waals surface area (Å²) in [5.41, 5.74) is 9.57. The van der Waals surface area contributed by atoms with E-state index in [4.69, 9.17) is 0 Å². The zero-order valence-electron chi connectivity index (χ0n) is 13.9. The molecule has 1 aromatic carbocycles. The molecular formula is C18H23N3O. The van der Waals surface area contributed by atoms with Crippen LogP contribution in [0.1, 0.15) is 41.9 Å². The number of aromatic nitrogens is 1. The first-order valence-corrected chi connectivity index (χ1v) is 7.53. The Morgan fingerprint density at radius 3 is 2.68 bits per heavy atom. The van der Waals surface area contributed by atoms with Crippen molar-refractivity contribution in [3.05, 3.63) is 52.3 Å². The third kappa shape index (κ3) is 3.11. The number of rotatable bonds is 4. The first kappa shape index (κ1) is 16.0. The number of carbonyl (C=O) groups is 1. The molecule has 0 spiro atoms. The summed E-state index contributed by atoms with van der Waals surface area (Å²) in [5.74, 6) is -0.169. The molecule has 116 valence electrons. The highest BCUT2D eigenvalue weighted by Crippen LogP contribution is 2.26. The predicted molar refractivity (Wildman–Crippen MR) is 90.8 cm³/mol. The van der Waals surface area contributed by atoms with Gasteiger partial charge in [0.05, 0.1) is 11.9 Å². The molecule has 2 aromatic rings. The summed E-state index contributed by atoms with van der Waals surface area (Å²) in [6, 6.07) is 8.50. The van der Waals surface area contributed by atoms with Crippen molar-refractivity contribution in [2.24, 2.45) is 5.10 Å². The second kappa shape index (κ2) is 6.60. The van der Waals surface area contributed by atoms with Crippen LogP contribution in [0.4, 0.5) is 0 Å². The summed E-state index contributed by atoms with van der Waals surface area (Å²) in [5, 5.41) is 3.98. The van der Waals surface area contributed by atoms with Crippen LogP contribution in [0.25, 0.3) is 5.69 Å². The Balaban J connectivity index is 2.52. The molecule has 0 bridgehead atoms. The minimum Gasteiger partial charge on any atom is -0.317 e. The van der Waals surface area contributed by atoms with Gasteiger partial charge in [-0.25, -0.2) is 5.43 Å². The van der Waals surface area contributed by atoms with Crippen molar-refractivity contribution >= 4 is 12.1 Å². The highest BCUT2D eigenvalue weighted by atomic mass is 16.2. The predicted octanol–water partition coefficient (Wildman–Crippen LogP) is 3.43. The van der Waals surface area contributed by atoms with Gasteiger partial charge in [0.1, 0.15) is 0 Å². The molecule has 2 rings (SSSR count). The molecule has 0 saturated carbocycles. The summed E-state index contributed by atoms with van der Waals surface area (Å²) in [4.78, 5) is 10.9. The van der Waals surface area contributed by atoms with E-state index >= 15 is 0 Å². The van der Waals surface area contributed by atoms with Crippen LogP contribution < -0.4 is 5.43 Å². The van der Waals surface area contributed by atoms with Gasteiger partial charge in [0, 0.05) is 23.9 Å². The Hall–Kier alpha value is -2.36. The SMILES string of the molecule is CCc1cccc(C)c1-n1c(C)cc(/C=N\NC(C)=O)c1C. The average molecular weight is 297 g/mol. The monoisotopic (exact) mass is 297 g/mol. The minimum atomic E-state index is -0.169. The zero-order chi connectivity index (χ0) is 16.3. The van der Waals surface area contributed by atoms with Gasteiger partial charge in [-0.2, -0.15) is 5.10 Å². The molecule has 1 aromatic heterocycles. The molecular weight excluding hydrogens is 274 g/mol. The summed E-state index contributed by atoms with van der Waals surface area (Å²) >= 11 is 0. The fourth-order valence-electron chi connectivity index (χ4n) is 2.78. The van der Waals surface area contributed by atoms with Gasteiger partial charge < -0.3 is 4.57 Å². The Labute approximate surface area is 131 Å². The van der Waals surface area contributed by atoms with Crippen LogP contribution in [0.2, 0.25) is 0 Å². The highest BCUT2D eigenvalue weighted by Gasteiger charge is 2.14. The fourth-order valence-corrected chi connectivity index (χ4v) is 2.78. The zero-order valence-corrected chi connectivity index (χ0v) is 13.9. The molecule has 1 N–H and O–H groups in total. The topological polar surface area (TPSA) is 46.4 Å². The van der Waals surface area contributed by atoms with E-state index in [1.165, 1.54) is 23.7 Å². The summed E-state index contributed by atoms with van der Waals surface area (Å²) in [7, 11) is 0.